The van der Waals surface area contributed by atoms with Gasteiger partial charge < -0.3 is 10.4 Å². The highest BCUT2D eigenvalue weighted by molar-refractivity contribution is 5.76. The smallest absolute Gasteiger partial charge is 0.245 e. The molecule has 14 heavy (non-hydrogen) atoms. The second-order valence-electron chi connectivity index (χ2n) is 3.36. The van der Waals surface area contributed by atoms with Crippen molar-refractivity contribution < 1.29 is 9.90 Å². The Bertz CT molecular complexity index is 334. The molecular weight excluding hydrogens is 178 g/mol. The van der Waals surface area contributed by atoms with E-state index in [0.29, 0.717) is 6.54 Å². The summed E-state index contributed by atoms with van der Waals surface area (Å²) in [5.74, 6) is -0.342. The van der Waals surface area contributed by atoms with Gasteiger partial charge in [0.15, 0.2) is 0 Å². The van der Waals surface area contributed by atoms with Gasteiger partial charge in [-0.3, -0.25) is 4.79 Å². The molecule has 3 nitrogen and oxygen atoms in total. The molecule has 3 heteroatoms. The van der Waals surface area contributed by atoms with Crippen molar-refractivity contribution in [1.82, 2.24) is 5.32 Å². The third-order valence-electron chi connectivity index (χ3n) is 2.12. The quantitative estimate of drug-likeness (QED) is 0.749. The Hall–Kier alpha value is -1.35. The van der Waals surface area contributed by atoms with Crippen molar-refractivity contribution in [3.63, 3.8) is 0 Å². The van der Waals surface area contributed by atoms with E-state index in [1.54, 1.807) is 0 Å². The number of carbonyl (C=O) groups is 1. The van der Waals surface area contributed by atoms with E-state index in [1.807, 2.05) is 32.0 Å². The van der Waals surface area contributed by atoms with Crippen molar-refractivity contribution in [2.75, 3.05) is 6.61 Å². The second-order valence-corrected chi connectivity index (χ2v) is 3.36. The lowest BCUT2D eigenvalue weighted by molar-refractivity contribution is -0.123. The highest BCUT2D eigenvalue weighted by Crippen LogP contribution is 2.09. The van der Waals surface area contributed by atoms with Crippen LogP contribution in [0.2, 0.25) is 0 Å². The number of nitrogens with one attached hydrogen (secondary N) is 1. The minimum atomic E-state index is -0.454. The number of aryl methyl sites for hydroxylation is 2. The zero-order valence-electron chi connectivity index (χ0n) is 8.50. The first-order chi connectivity index (χ1) is 6.63. The van der Waals surface area contributed by atoms with Gasteiger partial charge in [0.05, 0.1) is 0 Å². The third kappa shape index (κ3) is 2.85. The number of hydrogen-bond acceptors (Lipinski definition) is 2. The van der Waals surface area contributed by atoms with Crippen LogP contribution in [0.5, 0.6) is 0 Å². The molecule has 2 N–H and O–H groups in total. The van der Waals surface area contributed by atoms with Crippen molar-refractivity contribution in [3.05, 3.63) is 34.9 Å². The van der Waals surface area contributed by atoms with Gasteiger partial charge in [-0.15, -0.1) is 0 Å². The first-order valence-electron chi connectivity index (χ1n) is 4.57. The van der Waals surface area contributed by atoms with Crippen molar-refractivity contribution in [1.29, 1.82) is 0 Å². The minimum absolute atomic E-state index is 0.342. The van der Waals surface area contributed by atoms with E-state index in [4.69, 9.17) is 5.11 Å². The Balaban J connectivity index is 2.66. The summed E-state index contributed by atoms with van der Waals surface area (Å²) in [4.78, 5) is 10.8. The highest BCUT2D eigenvalue weighted by Gasteiger charge is 2.01. The molecule has 0 fully saturated rings. The maximum Gasteiger partial charge on any atom is 0.245 e. The largest absolute Gasteiger partial charge is 0.387 e. The molecule has 76 valence electrons. The summed E-state index contributed by atoms with van der Waals surface area (Å²) in [6, 6.07) is 6.09. The summed E-state index contributed by atoms with van der Waals surface area (Å²) in [7, 11) is 0. The number of amides is 1. The molecule has 0 saturated carbocycles. The van der Waals surface area contributed by atoms with Gasteiger partial charge >= 0.3 is 0 Å². The second kappa shape index (κ2) is 4.77. The van der Waals surface area contributed by atoms with E-state index in [2.05, 4.69) is 5.32 Å². The Kier molecular flexibility index (Phi) is 3.65. The summed E-state index contributed by atoms with van der Waals surface area (Å²) in [6.07, 6.45) is 0. The van der Waals surface area contributed by atoms with Crippen molar-refractivity contribution in [2.24, 2.45) is 0 Å². The molecule has 0 radical (unpaired) electrons. The molecule has 0 unspecified atom stereocenters. The lowest BCUT2D eigenvalue weighted by Crippen LogP contribution is -2.25. The van der Waals surface area contributed by atoms with E-state index < -0.39 is 6.61 Å². The van der Waals surface area contributed by atoms with Crippen LogP contribution in [-0.2, 0) is 11.3 Å². The summed E-state index contributed by atoms with van der Waals surface area (Å²) < 4.78 is 0. The van der Waals surface area contributed by atoms with Crippen LogP contribution < -0.4 is 5.32 Å². The summed E-state index contributed by atoms with van der Waals surface area (Å²) in [6.45, 7) is 4.04. The van der Waals surface area contributed by atoms with Crippen molar-refractivity contribution in [3.8, 4) is 0 Å². The van der Waals surface area contributed by atoms with Gasteiger partial charge in [0, 0.05) is 6.54 Å². The van der Waals surface area contributed by atoms with E-state index >= 15 is 0 Å². The Morgan fingerprint density at radius 3 is 2.79 bits per heavy atom. The maximum atomic E-state index is 10.8. The maximum absolute atomic E-state index is 10.8. The number of carbonyl (C=O) groups excluding carboxylic acids is 1. The molecule has 0 aliphatic rings. The zero-order chi connectivity index (χ0) is 10.6. The molecular formula is C11H15NO2. The lowest BCUT2D eigenvalue weighted by Gasteiger charge is -2.07. The lowest BCUT2D eigenvalue weighted by atomic mass is 10.1. The van der Waals surface area contributed by atoms with Crippen LogP contribution in [0.1, 0.15) is 16.7 Å². The Morgan fingerprint density at radius 2 is 2.14 bits per heavy atom. The molecule has 0 bridgehead atoms. The predicted molar refractivity (Wildman–Crippen MR) is 54.8 cm³/mol. The number of hydrogen-bond donors (Lipinski definition) is 2. The molecule has 1 rings (SSSR count). The zero-order valence-corrected chi connectivity index (χ0v) is 8.50. The van der Waals surface area contributed by atoms with Crippen LogP contribution in [-0.4, -0.2) is 17.6 Å². The van der Waals surface area contributed by atoms with Gasteiger partial charge in [0.25, 0.3) is 0 Å². The molecule has 0 aliphatic carbocycles. The fraction of sp³-hybridized carbons (Fsp3) is 0.364. The highest BCUT2D eigenvalue weighted by atomic mass is 16.3. The van der Waals surface area contributed by atoms with Crippen molar-refractivity contribution in [2.45, 2.75) is 20.4 Å². The monoisotopic (exact) mass is 193 g/mol. The predicted octanol–water partition coefficient (Wildman–Crippen LogP) is 0.912. The average Bonchev–Trinajstić information content (AvgIpc) is 2.19. The minimum Gasteiger partial charge on any atom is -0.387 e. The number of aliphatic hydroxyl groups excluding tert-OH is 1. The van der Waals surface area contributed by atoms with Crippen LogP contribution in [0.3, 0.4) is 0 Å². The van der Waals surface area contributed by atoms with Gasteiger partial charge in [-0.25, -0.2) is 0 Å². The fourth-order valence-corrected chi connectivity index (χ4v) is 1.24. The van der Waals surface area contributed by atoms with E-state index in [9.17, 15) is 4.79 Å². The van der Waals surface area contributed by atoms with E-state index in [-0.39, 0.29) is 5.91 Å². The molecule has 0 aliphatic heterocycles. The summed E-state index contributed by atoms with van der Waals surface area (Å²) >= 11 is 0. The summed E-state index contributed by atoms with van der Waals surface area (Å²) in [5, 5.41) is 11.2. The number of rotatable bonds is 3. The van der Waals surface area contributed by atoms with Crippen LogP contribution in [0.4, 0.5) is 0 Å². The standard InChI is InChI=1S/C11H15NO2/c1-8-3-4-9(2)10(5-8)6-12-11(14)7-13/h3-5,13H,6-7H2,1-2H3,(H,12,14). The first-order valence-corrected chi connectivity index (χ1v) is 4.57. The molecule has 0 spiro atoms. The topological polar surface area (TPSA) is 49.3 Å². The van der Waals surface area contributed by atoms with Crippen LogP contribution in [0.25, 0.3) is 0 Å². The number of aliphatic hydroxyl groups is 1. The fourth-order valence-electron chi connectivity index (χ4n) is 1.24. The van der Waals surface area contributed by atoms with Crippen LogP contribution >= 0.6 is 0 Å². The Labute approximate surface area is 83.8 Å². The van der Waals surface area contributed by atoms with Gasteiger partial charge in [0.1, 0.15) is 6.61 Å². The van der Waals surface area contributed by atoms with Crippen LogP contribution in [0, 0.1) is 13.8 Å². The molecule has 0 heterocycles. The molecule has 1 aromatic rings. The Morgan fingerprint density at radius 1 is 1.43 bits per heavy atom. The normalized spacial score (nSPS) is 9.93. The van der Waals surface area contributed by atoms with E-state index in [1.165, 1.54) is 5.56 Å². The number of benzene rings is 1. The van der Waals surface area contributed by atoms with Gasteiger partial charge in [-0.05, 0) is 25.0 Å². The molecule has 1 aromatic carbocycles. The van der Waals surface area contributed by atoms with Gasteiger partial charge in [-0.1, -0.05) is 23.8 Å². The SMILES string of the molecule is Cc1ccc(C)c(CNC(=O)CO)c1. The van der Waals surface area contributed by atoms with Gasteiger partial charge in [-0.2, -0.15) is 0 Å². The first kappa shape index (κ1) is 10.7. The average molecular weight is 193 g/mol. The molecule has 0 aromatic heterocycles. The van der Waals surface area contributed by atoms with Crippen LogP contribution in [0.15, 0.2) is 18.2 Å². The van der Waals surface area contributed by atoms with Crippen molar-refractivity contribution >= 4 is 5.91 Å². The summed E-state index contributed by atoms with van der Waals surface area (Å²) in [5.41, 5.74) is 3.41. The molecule has 0 atom stereocenters. The third-order valence-corrected chi connectivity index (χ3v) is 2.12. The van der Waals surface area contributed by atoms with E-state index in [0.717, 1.165) is 11.1 Å². The molecule has 1 amide bonds. The van der Waals surface area contributed by atoms with Gasteiger partial charge in [0.2, 0.25) is 5.91 Å². The molecule has 0 saturated heterocycles.